The predicted octanol–water partition coefficient (Wildman–Crippen LogP) is 0.687. The lowest BCUT2D eigenvalue weighted by molar-refractivity contribution is -0.177. The molecule has 23 heavy (non-hydrogen) atoms. The molecule has 0 heterocycles. The molecule has 0 aliphatic heterocycles. The molecule has 6 nitrogen and oxygen atoms in total. The van der Waals surface area contributed by atoms with Gasteiger partial charge in [0.05, 0.1) is 23.3 Å². The third-order valence-corrected chi connectivity index (χ3v) is 6.69. The number of nitrogens with zero attached hydrogens (tertiary/aromatic N) is 1. The number of nitrogens with two attached hydrogens (primary N) is 1. The highest BCUT2D eigenvalue weighted by atomic mass is 16.3. The van der Waals surface area contributed by atoms with Gasteiger partial charge in [0.1, 0.15) is 5.41 Å². The van der Waals surface area contributed by atoms with Crippen molar-refractivity contribution in [3.05, 3.63) is 0 Å². The van der Waals surface area contributed by atoms with Crippen molar-refractivity contribution in [1.29, 1.82) is 0 Å². The van der Waals surface area contributed by atoms with Gasteiger partial charge in [-0.25, -0.2) is 0 Å². The average molecular weight is 324 g/mol. The van der Waals surface area contributed by atoms with Crippen LogP contribution in [0.3, 0.4) is 0 Å². The Hall–Kier alpha value is -1.14. The monoisotopic (exact) mass is 324 g/mol. The SMILES string of the molecule is CC(N(C(=O)C1(C(N)=O)CC1)C(C)C1(O)CCC1)C1(O)CCC1. The lowest BCUT2D eigenvalue weighted by atomic mass is 9.71. The smallest absolute Gasteiger partial charge is 0.238 e. The summed E-state index contributed by atoms with van der Waals surface area (Å²) in [7, 11) is 0. The summed E-state index contributed by atoms with van der Waals surface area (Å²) in [5, 5.41) is 21.5. The second kappa shape index (κ2) is 5.18. The lowest BCUT2D eigenvalue weighted by Gasteiger charge is -2.54. The fraction of sp³-hybridized carbons (Fsp3) is 0.882. The number of primary amides is 1. The van der Waals surface area contributed by atoms with Crippen molar-refractivity contribution in [3.63, 3.8) is 0 Å². The van der Waals surface area contributed by atoms with E-state index in [-0.39, 0.29) is 5.91 Å². The van der Waals surface area contributed by atoms with Crippen molar-refractivity contribution in [1.82, 2.24) is 4.90 Å². The van der Waals surface area contributed by atoms with E-state index < -0.39 is 34.6 Å². The zero-order chi connectivity index (χ0) is 17.0. The Labute approximate surface area is 137 Å². The molecule has 0 spiro atoms. The van der Waals surface area contributed by atoms with Crippen LogP contribution in [0.2, 0.25) is 0 Å². The van der Waals surface area contributed by atoms with Crippen molar-refractivity contribution in [2.75, 3.05) is 0 Å². The summed E-state index contributed by atoms with van der Waals surface area (Å²) >= 11 is 0. The summed E-state index contributed by atoms with van der Waals surface area (Å²) in [6, 6.07) is -0.861. The van der Waals surface area contributed by atoms with E-state index in [2.05, 4.69) is 0 Å². The third-order valence-electron chi connectivity index (χ3n) is 6.69. The van der Waals surface area contributed by atoms with E-state index in [0.29, 0.717) is 38.5 Å². The van der Waals surface area contributed by atoms with E-state index in [4.69, 9.17) is 5.73 Å². The second-order valence-corrected chi connectivity index (χ2v) is 7.92. The molecule has 0 aromatic carbocycles. The Bertz CT molecular complexity index is 495. The van der Waals surface area contributed by atoms with Gasteiger partial charge >= 0.3 is 0 Å². The molecule has 0 aromatic rings. The minimum Gasteiger partial charge on any atom is -0.388 e. The Kier molecular flexibility index (Phi) is 3.76. The van der Waals surface area contributed by atoms with Gasteiger partial charge in [0, 0.05) is 0 Å². The molecular weight excluding hydrogens is 296 g/mol. The maximum Gasteiger partial charge on any atom is 0.238 e. The Morgan fingerprint density at radius 2 is 1.30 bits per heavy atom. The highest BCUT2D eigenvalue weighted by Gasteiger charge is 2.61. The van der Waals surface area contributed by atoms with Gasteiger partial charge in [0.25, 0.3) is 0 Å². The third kappa shape index (κ3) is 2.38. The van der Waals surface area contributed by atoms with Crippen LogP contribution in [0.4, 0.5) is 0 Å². The number of hydrogen-bond donors (Lipinski definition) is 3. The number of amides is 2. The summed E-state index contributed by atoms with van der Waals surface area (Å²) in [6.07, 6.45) is 5.38. The minimum atomic E-state index is -1.12. The summed E-state index contributed by atoms with van der Waals surface area (Å²) in [5.41, 5.74) is 2.51. The van der Waals surface area contributed by atoms with Crippen LogP contribution in [0.15, 0.2) is 0 Å². The van der Waals surface area contributed by atoms with Gasteiger partial charge in [-0.15, -0.1) is 0 Å². The van der Waals surface area contributed by atoms with Crippen molar-refractivity contribution in [3.8, 4) is 0 Å². The second-order valence-electron chi connectivity index (χ2n) is 7.92. The Balaban J connectivity index is 1.90. The highest BCUT2D eigenvalue weighted by Crippen LogP contribution is 2.50. The number of carbonyl (C=O) groups excluding carboxylic acids is 2. The van der Waals surface area contributed by atoms with Gasteiger partial charge in [-0.3, -0.25) is 9.59 Å². The maximum absolute atomic E-state index is 13.1. The molecule has 0 aromatic heterocycles. The highest BCUT2D eigenvalue weighted by molar-refractivity contribution is 6.07. The van der Waals surface area contributed by atoms with Crippen molar-refractivity contribution >= 4 is 11.8 Å². The number of aliphatic hydroxyl groups is 2. The zero-order valence-corrected chi connectivity index (χ0v) is 14.0. The van der Waals surface area contributed by atoms with Crippen LogP contribution < -0.4 is 5.73 Å². The Morgan fingerprint density at radius 1 is 0.913 bits per heavy atom. The molecule has 3 saturated carbocycles. The van der Waals surface area contributed by atoms with Gasteiger partial charge < -0.3 is 20.8 Å². The molecule has 130 valence electrons. The van der Waals surface area contributed by atoms with Crippen LogP contribution in [0.1, 0.15) is 65.2 Å². The zero-order valence-electron chi connectivity index (χ0n) is 14.0. The number of carbonyl (C=O) groups is 2. The van der Waals surface area contributed by atoms with Crippen LogP contribution in [0.25, 0.3) is 0 Å². The van der Waals surface area contributed by atoms with E-state index in [9.17, 15) is 19.8 Å². The maximum atomic E-state index is 13.1. The van der Waals surface area contributed by atoms with Crippen molar-refractivity contribution in [2.45, 2.75) is 88.5 Å². The predicted molar refractivity (Wildman–Crippen MR) is 84.2 cm³/mol. The van der Waals surface area contributed by atoms with Crippen LogP contribution in [0.5, 0.6) is 0 Å². The molecule has 3 aliphatic carbocycles. The van der Waals surface area contributed by atoms with Gasteiger partial charge in [0.15, 0.2) is 0 Å². The first-order valence-corrected chi connectivity index (χ1v) is 8.74. The van der Waals surface area contributed by atoms with E-state index in [1.807, 2.05) is 13.8 Å². The molecule has 3 fully saturated rings. The van der Waals surface area contributed by atoms with Gasteiger partial charge in [0.2, 0.25) is 11.8 Å². The van der Waals surface area contributed by atoms with E-state index in [1.165, 1.54) is 0 Å². The van der Waals surface area contributed by atoms with Crippen LogP contribution in [-0.2, 0) is 9.59 Å². The van der Waals surface area contributed by atoms with Crippen LogP contribution in [0, 0.1) is 5.41 Å². The summed E-state index contributed by atoms with van der Waals surface area (Å²) < 4.78 is 0. The van der Waals surface area contributed by atoms with Gasteiger partial charge in [-0.1, -0.05) is 0 Å². The average Bonchev–Trinajstić information content (AvgIpc) is 3.23. The number of rotatable bonds is 6. The van der Waals surface area contributed by atoms with Crippen LogP contribution >= 0.6 is 0 Å². The lowest BCUT2D eigenvalue weighted by Crippen LogP contribution is -2.66. The first-order chi connectivity index (χ1) is 10.7. The molecule has 2 unspecified atom stereocenters. The normalized spacial score (nSPS) is 28.7. The molecule has 2 amide bonds. The van der Waals surface area contributed by atoms with E-state index >= 15 is 0 Å². The quantitative estimate of drug-likeness (QED) is 0.625. The molecule has 3 aliphatic rings. The number of hydrogen-bond acceptors (Lipinski definition) is 4. The molecule has 3 rings (SSSR count). The topological polar surface area (TPSA) is 104 Å². The standard InChI is InChI=1S/C17H28N2O4/c1-11(16(22)5-3-6-16)19(12(2)17(23)7-4-8-17)14(21)15(9-10-15)13(18)20/h11-12,22-23H,3-10H2,1-2H3,(H2,18,20). The van der Waals surface area contributed by atoms with Crippen molar-refractivity contribution in [2.24, 2.45) is 11.1 Å². The molecule has 0 saturated heterocycles. The fourth-order valence-corrected chi connectivity index (χ4v) is 4.06. The summed E-state index contributed by atoms with van der Waals surface area (Å²) in [4.78, 5) is 26.5. The van der Waals surface area contributed by atoms with Gasteiger partial charge in [-0.2, -0.15) is 0 Å². The fourth-order valence-electron chi connectivity index (χ4n) is 4.06. The Morgan fingerprint density at radius 3 is 1.52 bits per heavy atom. The molecule has 4 N–H and O–H groups in total. The summed E-state index contributed by atoms with van der Waals surface area (Å²) in [6.45, 7) is 3.65. The molecule has 0 bridgehead atoms. The van der Waals surface area contributed by atoms with Gasteiger partial charge in [-0.05, 0) is 65.2 Å². The van der Waals surface area contributed by atoms with E-state index in [1.54, 1.807) is 4.90 Å². The molecule has 6 heteroatoms. The van der Waals surface area contributed by atoms with Crippen molar-refractivity contribution < 1.29 is 19.8 Å². The summed E-state index contributed by atoms with van der Waals surface area (Å²) in [5.74, 6) is -0.904. The molecule has 0 radical (unpaired) electrons. The molecular formula is C17H28N2O4. The minimum absolute atomic E-state index is 0.314. The largest absolute Gasteiger partial charge is 0.388 e. The molecule has 2 atom stereocenters. The first-order valence-electron chi connectivity index (χ1n) is 8.74. The van der Waals surface area contributed by atoms with E-state index in [0.717, 1.165) is 12.8 Å². The van der Waals surface area contributed by atoms with Crippen LogP contribution in [-0.4, -0.2) is 50.2 Å². The first kappa shape index (κ1) is 16.7.